The molecule has 38 heavy (non-hydrogen) atoms. The van der Waals surface area contributed by atoms with Crippen molar-refractivity contribution < 1.29 is 20.4 Å². The lowest BCUT2D eigenvalue weighted by Crippen LogP contribution is -2.32. The van der Waals surface area contributed by atoms with Crippen molar-refractivity contribution in [1.82, 2.24) is 0 Å². The van der Waals surface area contributed by atoms with Crippen LogP contribution in [0.25, 0.3) is 0 Å². The summed E-state index contributed by atoms with van der Waals surface area (Å²) in [6.45, 7) is 23.8. The lowest BCUT2D eigenvalue weighted by Gasteiger charge is -2.37. The third kappa shape index (κ3) is 5.16. The maximum absolute atomic E-state index is 13.0. The van der Waals surface area contributed by atoms with Gasteiger partial charge in [0.15, 0.2) is 5.60 Å². The standard InChI is InChI=1S/C34H46O4/c1-19-13-22(31(4,5)6)28(35)25(16-19)34(38,26-17-20(2)14-23(29(26)36)32(7,8)9)27-18-21(3)15-24(30(27)37)33(10,11)12/h13-18,35-38H,1-12H3. The predicted octanol–water partition coefficient (Wildman–Crippen LogP) is 7.91. The summed E-state index contributed by atoms with van der Waals surface area (Å²) in [5, 5.41) is 48.3. The molecule has 3 aromatic carbocycles. The minimum atomic E-state index is -2.05. The quantitative estimate of drug-likeness (QED) is 0.266. The summed E-state index contributed by atoms with van der Waals surface area (Å²) >= 11 is 0. The van der Waals surface area contributed by atoms with E-state index in [1.165, 1.54) is 0 Å². The molecule has 0 aliphatic heterocycles. The number of phenols is 3. The maximum atomic E-state index is 13.0. The van der Waals surface area contributed by atoms with E-state index in [2.05, 4.69) is 0 Å². The second kappa shape index (κ2) is 9.34. The summed E-state index contributed by atoms with van der Waals surface area (Å²) in [5.41, 5.74) is 1.98. The molecule has 0 spiro atoms. The number of rotatable bonds is 3. The minimum Gasteiger partial charge on any atom is -0.507 e. The van der Waals surface area contributed by atoms with Crippen molar-refractivity contribution in [1.29, 1.82) is 0 Å². The van der Waals surface area contributed by atoms with Crippen LogP contribution in [0.5, 0.6) is 17.2 Å². The summed E-state index contributed by atoms with van der Waals surface area (Å²) in [6.07, 6.45) is 0. The van der Waals surface area contributed by atoms with Gasteiger partial charge in [0.1, 0.15) is 17.2 Å². The first-order valence-corrected chi connectivity index (χ1v) is 13.4. The van der Waals surface area contributed by atoms with Crippen LogP contribution in [0.1, 0.15) is 112 Å². The number of hydrogen-bond donors (Lipinski definition) is 4. The van der Waals surface area contributed by atoms with Gasteiger partial charge < -0.3 is 20.4 Å². The molecule has 3 rings (SSSR count). The number of aromatic hydroxyl groups is 3. The van der Waals surface area contributed by atoms with E-state index in [-0.39, 0.29) is 33.9 Å². The molecular weight excluding hydrogens is 472 g/mol. The van der Waals surface area contributed by atoms with Crippen molar-refractivity contribution in [2.24, 2.45) is 0 Å². The number of benzene rings is 3. The van der Waals surface area contributed by atoms with Gasteiger partial charge in [-0.2, -0.15) is 0 Å². The van der Waals surface area contributed by atoms with Crippen LogP contribution in [0.2, 0.25) is 0 Å². The van der Waals surface area contributed by atoms with Crippen molar-refractivity contribution in [2.45, 2.75) is 105 Å². The molecule has 3 aromatic rings. The van der Waals surface area contributed by atoms with Crippen molar-refractivity contribution in [3.63, 3.8) is 0 Å². The Balaban J connectivity index is 2.65. The first kappa shape index (κ1) is 29.6. The fourth-order valence-corrected chi connectivity index (χ4v) is 5.31. The van der Waals surface area contributed by atoms with Crippen LogP contribution in [-0.2, 0) is 21.8 Å². The first-order chi connectivity index (χ1) is 17.1. The van der Waals surface area contributed by atoms with Gasteiger partial charge >= 0.3 is 0 Å². The zero-order chi connectivity index (χ0) is 29.2. The van der Waals surface area contributed by atoms with E-state index in [0.29, 0.717) is 16.7 Å². The van der Waals surface area contributed by atoms with Gasteiger partial charge in [0.05, 0.1) is 0 Å². The molecule has 0 aromatic heterocycles. The summed E-state index contributed by atoms with van der Waals surface area (Å²) in [5.74, 6) is -0.161. The molecule has 0 amide bonds. The van der Waals surface area contributed by atoms with Crippen molar-refractivity contribution in [3.05, 3.63) is 86.5 Å². The fourth-order valence-electron chi connectivity index (χ4n) is 5.31. The summed E-state index contributed by atoms with van der Waals surface area (Å²) < 4.78 is 0. The zero-order valence-electron chi connectivity index (χ0n) is 25.3. The molecule has 0 heterocycles. The second-order valence-electron chi connectivity index (χ2n) is 14.1. The van der Waals surface area contributed by atoms with Gasteiger partial charge in [-0.1, -0.05) is 97.2 Å². The lowest BCUT2D eigenvalue weighted by atomic mass is 9.71. The highest BCUT2D eigenvalue weighted by Gasteiger charge is 2.44. The third-order valence-corrected chi connectivity index (χ3v) is 7.36. The molecule has 0 saturated heterocycles. The Labute approximate surface area is 229 Å². The van der Waals surface area contributed by atoms with E-state index in [1.807, 2.05) is 101 Å². The van der Waals surface area contributed by atoms with E-state index in [1.54, 1.807) is 18.2 Å². The second-order valence-corrected chi connectivity index (χ2v) is 14.1. The van der Waals surface area contributed by atoms with E-state index in [0.717, 1.165) is 16.7 Å². The average Bonchev–Trinajstić information content (AvgIpc) is 2.75. The third-order valence-electron chi connectivity index (χ3n) is 7.36. The normalized spacial score (nSPS) is 13.2. The summed E-state index contributed by atoms with van der Waals surface area (Å²) in [6, 6.07) is 11.0. The smallest absolute Gasteiger partial charge is 0.151 e. The highest BCUT2D eigenvalue weighted by Crippen LogP contribution is 2.52. The number of aryl methyl sites for hydroxylation is 3. The van der Waals surface area contributed by atoms with Crippen LogP contribution >= 0.6 is 0 Å². The Hall–Kier alpha value is -2.98. The summed E-state index contributed by atoms with van der Waals surface area (Å²) in [7, 11) is 0. The Bertz CT molecular complexity index is 1210. The molecule has 0 radical (unpaired) electrons. The highest BCUT2D eigenvalue weighted by atomic mass is 16.3. The van der Waals surface area contributed by atoms with E-state index < -0.39 is 21.8 Å². The van der Waals surface area contributed by atoms with Crippen LogP contribution in [-0.4, -0.2) is 20.4 Å². The molecule has 0 aliphatic carbocycles. The molecule has 0 aliphatic rings. The predicted molar refractivity (Wildman–Crippen MR) is 157 cm³/mol. The molecule has 206 valence electrons. The van der Waals surface area contributed by atoms with Gasteiger partial charge in [-0.25, -0.2) is 0 Å². The van der Waals surface area contributed by atoms with Gasteiger partial charge in [0.2, 0.25) is 0 Å². The number of aliphatic hydroxyl groups is 1. The van der Waals surface area contributed by atoms with Crippen LogP contribution in [0.3, 0.4) is 0 Å². The maximum Gasteiger partial charge on any atom is 0.151 e. The van der Waals surface area contributed by atoms with Gasteiger partial charge in [0.25, 0.3) is 0 Å². The minimum absolute atomic E-state index is 0.0537. The van der Waals surface area contributed by atoms with E-state index >= 15 is 0 Å². The lowest BCUT2D eigenvalue weighted by molar-refractivity contribution is 0.115. The van der Waals surface area contributed by atoms with Crippen molar-refractivity contribution in [3.8, 4) is 17.2 Å². The van der Waals surface area contributed by atoms with Gasteiger partial charge in [0, 0.05) is 16.7 Å². The Kier molecular flexibility index (Phi) is 7.27. The molecule has 4 N–H and O–H groups in total. The molecule has 0 saturated carbocycles. The molecular formula is C34H46O4. The molecule has 0 unspecified atom stereocenters. The van der Waals surface area contributed by atoms with E-state index in [4.69, 9.17) is 0 Å². The molecule has 4 heteroatoms. The molecule has 0 atom stereocenters. The Morgan fingerprint density at radius 1 is 0.395 bits per heavy atom. The van der Waals surface area contributed by atoms with Crippen molar-refractivity contribution >= 4 is 0 Å². The number of hydrogen-bond acceptors (Lipinski definition) is 4. The summed E-state index contributed by atoms with van der Waals surface area (Å²) in [4.78, 5) is 0. The Morgan fingerprint density at radius 2 is 0.579 bits per heavy atom. The van der Waals surface area contributed by atoms with Gasteiger partial charge in [-0.3, -0.25) is 0 Å². The SMILES string of the molecule is Cc1cc(C(C)(C)C)c(O)c(C(O)(c2cc(C)cc(C(C)(C)C)c2O)c2cc(C)cc(C(C)(C)C)c2O)c1. The van der Waals surface area contributed by atoms with Gasteiger partial charge in [-0.15, -0.1) is 0 Å². The first-order valence-electron chi connectivity index (χ1n) is 13.4. The van der Waals surface area contributed by atoms with Crippen LogP contribution in [0.4, 0.5) is 0 Å². The van der Waals surface area contributed by atoms with Crippen LogP contribution < -0.4 is 0 Å². The highest BCUT2D eigenvalue weighted by molar-refractivity contribution is 5.65. The van der Waals surface area contributed by atoms with Crippen molar-refractivity contribution in [2.75, 3.05) is 0 Å². The Morgan fingerprint density at radius 3 is 0.763 bits per heavy atom. The molecule has 0 fully saturated rings. The molecule has 4 nitrogen and oxygen atoms in total. The average molecular weight is 519 g/mol. The number of phenolic OH excluding ortho intramolecular Hbond substituents is 3. The largest absolute Gasteiger partial charge is 0.507 e. The van der Waals surface area contributed by atoms with Crippen LogP contribution in [0.15, 0.2) is 36.4 Å². The van der Waals surface area contributed by atoms with Gasteiger partial charge in [-0.05, 0) is 71.9 Å². The zero-order valence-corrected chi connectivity index (χ0v) is 25.3. The van der Waals surface area contributed by atoms with E-state index in [9.17, 15) is 20.4 Å². The topological polar surface area (TPSA) is 80.9 Å². The monoisotopic (exact) mass is 518 g/mol. The molecule has 0 bridgehead atoms. The fraction of sp³-hybridized carbons (Fsp3) is 0.471. The van der Waals surface area contributed by atoms with Crippen LogP contribution in [0, 0.1) is 20.8 Å².